The fourth-order valence-corrected chi connectivity index (χ4v) is 4.68. The molecule has 0 saturated carbocycles. The summed E-state index contributed by atoms with van der Waals surface area (Å²) in [5, 5.41) is 2.86. The van der Waals surface area contributed by atoms with E-state index in [9.17, 15) is 18.0 Å². The number of nitrogens with one attached hydrogen (secondary N) is 1. The topological polar surface area (TPSA) is 96.0 Å². The molecule has 0 bridgehead atoms. The molecular formula is C24H32IN3O5S. The molecule has 0 aliphatic heterocycles. The molecule has 2 aromatic carbocycles. The first-order chi connectivity index (χ1) is 16.1. The maximum absolute atomic E-state index is 13.6. The minimum atomic E-state index is -3.75. The Morgan fingerprint density at radius 3 is 2.35 bits per heavy atom. The van der Waals surface area contributed by atoms with Gasteiger partial charge >= 0.3 is 0 Å². The highest BCUT2D eigenvalue weighted by molar-refractivity contribution is 14.1. The van der Waals surface area contributed by atoms with E-state index in [-0.39, 0.29) is 12.5 Å². The lowest BCUT2D eigenvalue weighted by molar-refractivity contribution is -0.140. The number of rotatable bonds is 12. The number of hydrogen-bond donors (Lipinski definition) is 1. The van der Waals surface area contributed by atoms with Gasteiger partial charge in [-0.3, -0.25) is 13.9 Å². The predicted octanol–water partition coefficient (Wildman–Crippen LogP) is 3.40. The van der Waals surface area contributed by atoms with Gasteiger partial charge in [0, 0.05) is 16.7 Å². The third kappa shape index (κ3) is 7.86. The highest BCUT2D eigenvalue weighted by Gasteiger charge is 2.31. The fourth-order valence-electron chi connectivity index (χ4n) is 3.47. The lowest BCUT2D eigenvalue weighted by atomic mass is 10.1. The molecule has 0 heterocycles. The number of amides is 2. The van der Waals surface area contributed by atoms with Crippen molar-refractivity contribution in [3.8, 4) is 5.75 Å². The largest absolute Gasteiger partial charge is 0.497 e. The standard InChI is InChI=1S/C24H32IN3O5S/c1-5-14-26-24(30)22(6-2)27(16-18-8-7-9-21(15-18)33-3)23(29)17-28(34(4,31)32)20-12-10-19(25)11-13-20/h7-13,15,22H,5-6,14,16-17H2,1-4H3,(H,26,30). The third-order valence-electron chi connectivity index (χ3n) is 5.22. The van der Waals surface area contributed by atoms with Crippen LogP contribution >= 0.6 is 22.6 Å². The van der Waals surface area contributed by atoms with Crippen molar-refractivity contribution in [2.45, 2.75) is 39.3 Å². The molecule has 0 radical (unpaired) electrons. The first-order valence-electron chi connectivity index (χ1n) is 11.0. The molecule has 0 aliphatic carbocycles. The van der Waals surface area contributed by atoms with Crippen LogP contribution in [0.1, 0.15) is 32.3 Å². The van der Waals surface area contributed by atoms with Gasteiger partial charge in [0.15, 0.2) is 0 Å². The Bertz CT molecular complexity index is 1080. The van der Waals surface area contributed by atoms with Gasteiger partial charge in [-0.05, 0) is 77.4 Å². The van der Waals surface area contributed by atoms with Gasteiger partial charge in [-0.1, -0.05) is 26.0 Å². The van der Waals surface area contributed by atoms with E-state index in [2.05, 4.69) is 27.9 Å². The molecule has 1 N–H and O–H groups in total. The number of halogens is 1. The first kappa shape index (κ1) is 27.9. The molecule has 2 aromatic rings. The maximum atomic E-state index is 13.6. The molecule has 186 valence electrons. The Kier molecular flexibility index (Phi) is 10.6. The zero-order chi connectivity index (χ0) is 25.3. The second-order valence-corrected chi connectivity index (χ2v) is 11.0. The van der Waals surface area contributed by atoms with Crippen LogP contribution in [0.5, 0.6) is 5.75 Å². The average molecular weight is 602 g/mol. The van der Waals surface area contributed by atoms with Gasteiger partial charge in [0.05, 0.1) is 19.1 Å². The summed E-state index contributed by atoms with van der Waals surface area (Å²) in [6.45, 7) is 3.99. The van der Waals surface area contributed by atoms with Crippen molar-refractivity contribution in [2.75, 3.05) is 30.8 Å². The molecule has 8 nitrogen and oxygen atoms in total. The van der Waals surface area contributed by atoms with Gasteiger partial charge < -0.3 is 15.0 Å². The molecule has 1 unspecified atom stereocenters. The van der Waals surface area contributed by atoms with Crippen molar-refractivity contribution < 1.29 is 22.7 Å². The third-order valence-corrected chi connectivity index (χ3v) is 7.08. The van der Waals surface area contributed by atoms with E-state index in [0.29, 0.717) is 24.4 Å². The zero-order valence-corrected chi connectivity index (χ0v) is 22.9. The quantitative estimate of drug-likeness (QED) is 0.377. The van der Waals surface area contributed by atoms with Crippen LogP contribution in [-0.2, 0) is 26.2 Å². The van der Waals surface area contributed by atoms with Gasteiger partial charge in [-0.2, -0.15) is 0 Å². The minimum absolute atomic E-state index is 0.137. The van der Waals surface area contributed by atoms with Crippen LogP contribution in [0.4, 0.5) is 5.69 Å². The molecule has 0 aromatic heterocycles. The lowest BCUT2D eigenvalue weighted by Gasteiger charge is -2.33. The van der Waals surface area contributed by atoms with Crippen molar-refractivity contribution in [3.05, 3.63) is 57.7 Å². The van der Waals surface area contributed by atoms with Crippen molar-refractivity contribution in [3.63, 3.8) is 0 Å². The van der Waals surface area contributed by atoms with E-state index in [4.69, 9.17) is 4.74 Å². The van der Waals surface area contributed by atoms with E-state index in [1.54, 1.807) is 43.5 Å². The number of carbonyl (C=O) groups excluding carboxylic acids is 2. The second-order valence-electron chi connectivity index (χ2n) is 7.83. The molecule has 1 atom stereocenters. The normalized spacial score (nSPS) is 12.0. The van der Waals surface area contributed by atoms with E-state index < -0.39 is 28.5 Å². The van der Waals surface area contributed by atoms with Crippen molar-refractivity contribution in [1.82, 2.24) is 10.2 Å². The maximum Gasteiger partial charge on any atom is 0.244 e. The number of nitrogens with zero attached hydrogens (tertiary/aromatic N) is 2. The monoisotopic (exact) mass is 601 g/mol. The van der Waals surface area contributed by atoms with Crippen LogP contribution in [0.3, 0.4) is 0 Å². The number of anilines is 1. The number of benzene rings is 2. The fraction of sp³-hybridized carbons (Fsp3) is 0.417. The van der Waals surface area contributed by atoms with Crippen LogP contribution in [-0.4, -0.2) is 57.6 Å². The van der Waals surface area contributed by atoms with Crippen molar-refractivity contribution >= 4 is 50.1 Å². The summed E-state index contributed by atoms with van der Waals surface area (Å²) in [4.78, 5) is 28.0. The van der Waals surface area contributed by atoms with Crippen LogP contribution < -0.4 is 14.4 Å². The van der Waals surface area contributed by atoms with Gasteiger partial charge in [0.25, 0.3) is 0 Å². The molecule has 2 amide bonds. The number of hydrogen-bond acceptors (Lipinski definition) is 5. The zero-order valence-electron chi connectivity index (χ0n) is 20.0. The number of ether oxygens (including phenoxy) is 1. The summed E-state index contributed by atoms with van der Waals surface area (Å²) in [7, 11) is -2.19. The summed E-state index contributed by atoms with van der Waals surface area (Å²) in [5.41, 5.74) is 1.16. The molecule has 0 fully saturated rings. The molecule has 0 saturated heterocycles. The Balaban J connectivity index is 2.42. The van der Waals surface area contributed by atoms with E-state index >= 15 is 0 Å². The van der Waals surface area contributed by atoms with E-state index in [1.807, 2.05) is 26.0 Å². The molecule has 0 aliphatic rings. The van der Waals surface area contributed by atoms with Gasteiger partial charge in [-0.15, -0.1) is 0 Å². The highest BCUT2D eigenvalue weighted by Crippen LogP contribution is 2.22. The Hall–Kier alpha value is -2.34. The van der Waals surface area contributed by atoms with E-state index in [0.717, 1.165) is 26.1 Å². The number of methoxy groups -OCH3 is 1. The minimum Gasteiger partial charge on any atom is -0.497 e. The smallest absolute Gasteiger partial charge is 0.244 e. The van der Waals surface area contributed by atoms with Gasteiger partial charge in [-0.25, -0.2) is 8.42 Å². The molecule has 2 rings (SSSR count). The van der Waals surface area contributed by atoms with E-state index in [1.165, 1.54) is 4.90 Å². The molecule has 0 spiro atoms. The SMILES string of the molecule is CCCNC(=O)C(CC)N(Cc1cccc(OC)c1)C(=O)CN(c1ccc(I)cc1)S(C)(=O)=O. The first-order valence-corrected chi connectivity index (χ1v) is 14.0. The van der Waals surface area contributed by atoms with Crippen LogP contribution in [0.25, 0.3) is 0 Å². The molecule has 10 heteroatoms. The number of sulfonamides is 1. The predicted molar refractivity (Wildman–Crippen MR) is 142 cm³/mol. The van der Waals surface area contributed by atoms with Crippen LogP contribution in [0.15, 0.2) is 48.5 Å². The average Bonchev–Trinajstić information content (AvgIpc) is 2.81. The van der Waals surface area contributed by atoms with Crippen molar-refractivity contribution in [1.29, 1.82) is 0 Å². The lowest BCUT2D eigenvalue weighted by Crippen LogP contribution is -2.52. The highest BCUT2D eigenvalue weighted by atomic mass is 127. The van der Waals surface area contributed by atoms with Gasteiger partial charge in [0.2, 0.25) is 21.8 Å². The van der Waals surface area contributed by atoms with Crippen LogP contribution in [0.2, 0.25) is 0 Å². The Morgan fingerprint density at radius 1 is 1.12 bits per heavy atom. The Labute approximate surface area is 215 Å². The molecule has 34 heavy (non-hydrogen) atoms. The summed E-state index contributed by atoms with van der Waals surface area (Å²) in [6, 6.07) is 13.4. The second kappa shape index (κ2) is 12.9. The summed E-state index contributed by atoms with van der Waals surface area (Å²) >= 11 is 2.13. The number of carbonyl (C=O) groups is 2. The van der Waals surface area contributed by atoms with Gasteiger partial charge in [0.1, 0.15) is 18.3 Å². The summed E-state index contributed by atoms with van der Waals surface area (Å²) in [6.07, 6.45) is 2.21. The van der Waals surface area contributed by atoms with Crippen LogP contribution in [0, 0.1) is 3.57 Å². The van der Waals surface area contributed by atoms with Crippen molar-refractivity contribution in [2.24, 2.45) is 0 Å². The Morgan fingerprint density at radius 2 is 1.79 bits per heavy atom. The summed E-state index contributed by atoms with van der Waals surface area (Å²) < 4.78 is 32.5. The molecular weight excluding hydrogens is 569 g/mol. The summed E-state index contributed by atoms with van der Waals surface area (Å²) in [5.74, 6) is -0.101.